The molecule has 2 atom stereocenters. The molecule has 0 heterocycles. The fraction of sp³-hybridized carbons (Fsp3) is 1.00. The monoisotopic (exact) mass is 774 g/mol. The highest BCUT2D eigenvalue weighted by atomic mass is 14.6. The van der Waals surface area contributed by atoms with Gasteiger partial charge in [0.25, 0.3) is 0 Å². The number of hydrogen-bond acceptors (Lipinski definition) is 1. The average molecular weight is 774 g/mol. The lowest BCUT2D eigenvalue weighted by Crippen LogP contribution is -2.30. The van der Waals surface area contributed by atoms with Gasteiger partial charge >= 0.3 is 0 Å². The molecule has 0 saturated carbocycles. The second-order valence-electron chi connectivity index (χ2n) is 20.4. The van der Waals surface area contributed by atoms with Gasteiger partial charge in [-0.05, 0) is 42.9 Å². The van der Waals surface area contributed by atoms with Crippen LogP contribution in [0.5, 0.6) is 0 Å². The minimum Gasteiger partial charge on any atom is -0.327 e. The Bertz CT molecular complexity index is 681. The van der Waals surface area contributed by atoms with Crippen molar-refractivity contribution in [3.63, 3.8) is 0 Å². The minimum absolute atomic E-state index is 0.445. The van der Waals surface area contributed by atoms with E-state index in [0.717, 1.165) is 23.7 Å². The lowest BCUT2D eigenvalue weighted by atomic mass is 9.86. The summed E-state index contributed by atoms with van der Waals surface area (Å²) >= 11 is 0. The fourth-order valence-electron chi connectivity index (χ4n) is 9.14. The standard InChI is InChI=1S/C54H111N/c1-50(2)44-38-32-26-20-14-8-7-9-17-23-29-35-41-47-53(48-42-36-30-24-18-12-10-15-21-27-33-39-45-51(3)4)54(55)49-43-37-31-25-19-13-11-16-22-28-34-40-46-52(5)6/h50-54H,7-49,55H2,1-6H3. The second kappa shape index (κ2) is 45.1. The molecule has 0 aliphatic rings. The zero-order valence-corrected chi connectivity index (χ0v) is 39.9. The summed E-state index contributed by atoms with van der Waals surface area (Å²) in [6.07, 6.45) is 62.1. The zero-order valence-electron chi connectivity index (χ0n) is 39.9. The first-order valence-electron chi connectivity index (χ1n) is 26.6. The molecular formula is C54H111N. The molecule has 1 nitrogen and oxygen atoms in total. The van der Waals surface area contributed by atoms with Crippen LogP contribution in [0.15, 0.2) is 0 Å². The Balaban J connectivity index is 4.09. The summed E-state index contributed by atoms with van der Waals surface area (Å²) in [6.45, 7) is 14.1. The summed E-state index contributed by atoms with van der Waals surface area (Å²) < 4.78 is 0. The maximum Gasteiger partial charge on any atom is 0.00671 e. The van der Waals surface area contributed by atoms with E-state index in [4.69, 9.17) is 5.73 Å². The Kier molecular flexibility index (Phi) is 45.0. The quantitative estimate of drug-likeness (QED) is 0.0613. The van der Waals surface area contributed by atoms with Gasteiger partial charge in [0.2, 0.25) is 0 Å². The average Bonchev–Trinajstić information content (AvgIpc) is 3.15. The van der Waals surface area contributed by atoms with Gasteiger partial charge < -0.3 is 5.73 Å². The maximum atomic E-state index is 7.00. The maximum absolute atomic E-state index is 7.00. The Labute approximate surface area is 351 Å². The molecule has 0 fully saturated rings. The lowest BCUT2D eigenvalue weighted by Gasteiger charge is -2.24. The molecule has 0 bridgehead atoms. The topological polar surface area (TPSA) is 26.0 Å². The Morgan fingerprint density at radius 1 is 0.200 bits per heavy atom. The Hall–Kier alpha value is -0.0400. The molecule has 0 saturated heterocycles. The van der Waals surface area contributed by atoms with Crippen molar-refractivity contribution in [3.8, 4) is 0 Å². The van der Waals surface area contributed by atoms with E-state index in [9.17, 15) is 0 Å². The van der Waals surface area contributed by atoms with Crippen LogP contribution >= 0.6 is 0 Å². The predicted molar refractivity (Wildman–Crippen MR) is 255 cm³/mol. The van der Waals surface area contributed by atoms with Gasteiger partial charge in [-0.1, -0.05) is 298 Å². The van der Waals surface area contributed by atoms with E-state index in [1.165, 1.54) is 276 Å². The SMILES string of the molecule is CC(C)CCCCCCCCCCCCCCCC(CCCCCCCCCCCCCCC(C)C)C(N)CCCCCCCCCCCCCCC(C)C. The van der Waals surface area contributed by atoms with E-state index in [0.29, 0.717) is 6.04 Å². The van der Waals surface area contributed by atoms with Crippen molar-refractivity contribution in [2.75, 3.05) is 0 Å². The molecule has 1 heteroatoms. The molecule has 0 rings (SSSR count). The van der Waals surface area contributed by atoms with Crippen molar-refractivity contribution < 1.29 is 0 Å². The number of unbranched alkanes of at least 4 members (excludes halogenated alkanes) is 34. The third-order valence-electron chi connectivity index (χ3n) is 13.1. The molecule has 0 spiro atoms. The van der Waals surface area contributed by atoms with Crippen LogP contribution in [0.2, 0.25) is 0 Å². The third-order valence-corrected chi connectivity index (χ3v) is 13.1. The van der Waals surface area contributed by atoms with Crippen molar-refractivity contribution in [2.24, 2.45) is 29.4 Å². The molecule has 0 aromatic heterocycles. The zero-order chi connectivity index (χ0) is 40.3. The molecule has 2 unspecified atom stereocenters. The highest BCUT2D eigenvalue weighted by Crippen LogP contribution is 2.25. The van der Waals surface area contributed by atoms with Gasteiger partial charge in [0.15, 0.2) is 0 Å². The highest BCUT2D eigenvalue weighted by molar-refractivity contribution is 4.74. The van der Waals surface area contributed by atoms with Crippen LogP contribution in [0.25, 0.3) is 0 Å². The van der Waals surface area contributed by atoms with Gasteiger partial charge in [-0.15, -0.1) is 0 Å². The van der Waals surface area contributed by atoms with Crippen molar-refractivity contribution >= 4 is 0 Å². The molecule has 2 N–H and O–H groups in total. The fourth-order valence-corrected chi connectivity index (χ4v) is 9.14. The summed E-state index contributed by atoms with van der Waals surface area (Å²) in [4.78, 5) is 0. The highest BCUT2D eigenvalue weighted by Gasteiger charge is 2.17. The van der Waals surface area contributed by atoms with Crippen LogP contribution in [0.1, 0.15) is 318 Å². The van der Waals surface area contributed by atoms with E-state index >= 15 is 0 Å². The van der Waals surface area contributed by atoms with Crippen LogP contribution in [0.4, 0.5) is 0 Å². The van der Waals surface area contributed by atoms with Crippen molar-refractivity contribution in [1.29, 1.82) is 0 Å². The van der Waals surface area contributed by atoms with E-state index in [1.807, 2.05) is 0 Å². The molecule has 0 aromatic carbocycles. The van der Waals surface area contributed by atoms with Gasteiger partial charge in [-0.3, -0.25) is 0 Å². The summed E-state index contributed by atoms with van der Waals surface area (Å²) in [5.41, 5.74) is 7.00. The minimum atomic E-state index is 0.445. The first-order valence-corrected chi connectivity index (χ1v) is 26.6. The number of hydrogen-bond donors (Lipinski definition) is 1. The molecule has 55 heavy (non-hydrogen) atoms. The smallest absolute Gasteiger partial charge is 0.00671 e. The Morgan fingerprint density at radius 3 is 0.527 bits per heavy atom. The van der Waals surface area contributed by atoms with Crippen LogP contribution < -0.4 is 5.73 Å². The summed E-state index contributed by atoms with van der Waals surface area (Å²) in [7, 11) is 0. The normalized spacial score (nSPS) is 13.2. The molecule has 0 aromatic rings. The number of rotatable bonds is 47. The first kappa shape index (κ1) is 55.0. The van der Waals surface area contributed by atoms with E-state index in [1.54, 1.807) is 0 Å². The first-order chi connectivity index (χ1) is 26.8. The molecule has 0 radical (unpaired) electrons. The second-order valence-corrected chi connectivity index (χ2v) is 20.4. The number of nitrogens with two attached hydrogens (primary N) is 1. The van der Waals surface area contributed by atoms with Gasteiger partial charge in [0.05, 0.1) is 0 Å². The lowest BCUT2D eigenvalue weighted by molar-refractivity contribution is 0.321. The van der Waals surface area contributed by atoms with Crippen LogP contribution in [-0.2, 0) is 0 Å². The van der Waals surface area contributed by atoms with Crippen molar-refractivity contribution in [1.82, 2.24) is 0 Å². The van der Waals surface area contributed by atoms with Gasteiger partial charge in [0, 0.05) is 6.04 Å². The molecule has 332 valence electrons. The largest absolute Gasteiger partial charge is 0.327 e. The van der Waals surface area contributed by atoms with Crippen molar-refractivity contribution in [2.45, 2.75) is 324 Å². The molecule has 0 amide bonds. The summed E-state index contributed by atoms with van der Waals surface area (Å²) in [6, 6.07) is 0.445. The van der Waals surface area contributed by atoms with Gasteiger partial charge in [0.1, 0.15) is 0 Å². The predicted octanol–water partition coefficient (Wildman–Crippen LogP) is 19.7. The molecule has 0 aliphatic carbocycles. The van der Waals surface area contributed by atoms with E-state index < -0.39 is 0 Å². The molecular weight excluding hydrogens is 663 g/mol. The van der Waals surface area contributed by atoms with E-state index in [2.05, 4.69) is 41.5 Å². The summed E-state index contributed by atoms with van der Waals surface area (Å²) in [5.74, 6) is 3.43. The Morgan fingerprint density at radius 2 is 0.345 bits per heavy atom. The van der Waals surface area contributed by atoms with Crippen LogP contribution in [-0.4, -0.2) is 6.04 Å². The van der Waals surface area contributed by atoms with E-state index in [-0.39, 0.29) is 0 Å². The summed E-state index contributed by atoms with van der Waals surface area (Å²) in [5, 5.41) is 0. The molecule has 0 aliphatic heterocycles. The van der Waals surface area contributed by atoms with Crippen molar-refractivity contribution in [3.05, 3.63) is 0 Å². The third kappa shape index (κ3) is 46.5. The van der Waals surface area contributed by atoms with Gasteiger partial charge in [-0.25, -0.2) is 0 Å². The van der Waals surface area contributed by atoms with Gasteiger partial charge in [-0.2, -0.15) is 0 Å². The van der Waals surface area contributed by atoms with Crippen LogP contribution in [0.3, 0.4) is 0 Å². The van der Waals surface area contributed by atoms with Crippen LogP contribution in [0, 0.1) is 23.7 Å².